The van der Waals surface area contributed by atoms with Crippen LogP contribution in [0, 0.1) is 0 Å². The molecule has 1 aromatic heterocycles. The minimum absolute atomic E-state index is 0.0551. The van der Waals surface area contributed by atoms with Crippen LogP contribution in [-0.2, 0) is 27.4 Å². The molecule has 0 unspecified atom stereocenters. The molecule has 0 atom stereocenters. The average molecular weight is 481 g/mol. The lowest BCUT2D eigenvalue weighted by Gasteiger charge is -2.32. The van der Waals surface area contributed by atoms with Crippen LogP contribution < -0.4 is 4.74 Å². The number of nitrogens with zero attached hydrogens (tertiary/aromatic N) is 4. The van der Waals surface area contributed by atoms with E-state index in [2.05, 4.69) is 10.2 Å². The number of benzene rings is 2. The van der Waals surface area contributed by atoms with Gasteiger partial charge in [0.25, 0.3) is 0 Å². The molecule has 0 spiro atoms. The van der Waals surface area contributed by atoms with Gasteiger partial charge in [0.1, 0.15) is 18.9 Å². The minimum Gasteiger partial charge on any atom is -0.494 e. The fourth-order valence-corrected chi connectivity index (χ4v) is 3.53. The minimum atomic E-state index is -0.506. The van der Waals surface area contributed by atoms with Gasteiger partial charge in [-0.3, -0.25) is 9.69 Å². The molecular formula is C25H28N4O6. The molecule has 1 aliphatic rings. The molecule has 1 saturated heterocycles. The molecular weight excluding hydrogens is 452 g/mol. The Morgan fingerprint density at radius 1 is 1.03 bits per heavy atom. The third kappa shape index (κ3) is 6.80. The Bertz CT molecular complexity index is 1100. The monoisotopic (exact) mass is 480 g/mol. The first-order valence-corrected chi connectivity index (χ1v) is 11.4. The van der Waals surface area contributed by atoms with Crippen LogP contribution >= 0.6 is 0 Å². The van der Waals surface area contributed by atoms with Gasteiger partial charge in [0.15, 0.2) is 0 Å². The molecule has 0 N–H and O–H groups in total. The summed E-state index contributed by atoms with van der Waals surface area (Å²) in [4.78, 5) is 27.9. The highest BCUT2D eigenvalue weighted by Crippen LogP contribution is 2.22. The van der Waals surface area contributed by atoms with Crippen LogP contribution in [0.4, 0.5) is 4.79 Å². The van der Waals surface area contributed by atoms with E-state index in [-0.39, 0.29) is 25.6 Å². The van der Waals surface area contributed by atoms with Crippen molar-refractivity contribution in [1.29, 1.82) is 0 Å². The second kappa shape index (κ2) is 12.0. The zero-order valence-corrected chi connectivity index (χ0v) is 19.6. The van der Waals surface area contributed by atoms with Crippen LogP contribution in [0.15, 0.2) is 59.0 Å². The van der Waals surface area contributed by atoms with Crippen molar-refractivity contribution in [3.05, 3.63) is 66.1 Å². The van der Waals surface area contributed by atoms with E-state index in [0.29, 0.717) is 38.1 Å². The van der Waals surface area contributed by atoms with Crippen LogP contribution in [0.2, 0.25) is 0 Å². The first-order valence-electron chi connectivity index (χ1n) is 11.4. The molecule has 0 radical (unpaired) electrons. The molecule has 184 valence electrons. The molecule has 10 nitrogen and oxygen atoms in total. The van der Waals surface area contributed by atoms with Crippen LogP contribution in [-0.4, -0.2) is 72.0 Å². The van der Waals surface area contributed by atoms with E-state index in [1.54, 1.807) is 12.0 Å². The summed E-state index contributed by atoms with van der Waals surface area (Å²) in [6.07, 6.45) is 0.306. The molecule has 0 aliphatic carbocycles. The molecule has 1 aliphatic heterocycles. The quantitative estimate of drug-likeness (QED) is 0.408. The van der Waals surface area contributed by atoms with Crippen molar-refractivity contribution >= 4 is 12.0 Å². The van der Waals surface area contributed by atoms with E-state index in [4.69, 9.17) is 18.6 Å². The standard InChI is InChI=1S/C25H28N4O6/c1-32-14-5-15-33-21-10-8-20(9-11-21)24-27-26-22(35-24)16-28-12-13-29(17-23(28)30)25(31)34-18-19-6-3-2-4-7-19/h2-4,6-11H,5,12-18H2,1H3. The maximum Gasteiger partial charge on any atom is 0.410 e. The highest BCUT2D eigenvalue weighted by molar-refractivity contribution is 5.83. The predicted molar refractivity (Wildman–Crippen MR) is 125 cm³/mol. The van der Waals surface area contributed by atoms with Crippen LogP contribution in [0.1, 0.15) is 17.9 Å². The molecule has 4 rings (SSSR count). The van der Waals surface area contributed by atoms with Gasteiger partial charge >= 0.3 is 6.09 Å². The molecule has 35 heavy (non-hydrogen) atoms. The van der Waals surface area contributed by atoms with Gasteiger partial charge in [0.2, 0.25) is 17.7 Å². The van der Waals surface area contributed by atoms with Gasteiger partial charge < -0.3 is 23.5 Å². The zero-order valence-electron chi connectivity index (χ0n) is 19.6. The number of hydrogen-bond acceptors (Lipinski definition) is 8. The van der Waals surface area contributed by atoms with Crippen LogP contribution in [0.5, 0.6) is 5.75 Å². The van der Waals surface area contributed by atoms with Crippen molar-refractivity contribution in [3.63, 3.8) is 0 Å². The summed E-state index contributed by atoms with van der Waals surface area (Å²) in [5.41, 5.74) is 1.65. The van der Waals surface area contributed by atoms with Crippen molar-refractivity contribution in [2.75, 3.05) is 40.0 Å². The number of rotatable bonds is 10. The molecule has 0 saturated carbocycles. The van der Waals surface area contributed by atoms with Gasteiger partial charge in [-0.2, -0.15) is 0 Å². The van der Waals surface area contributed by atoms with Crippen LogP contribution in [0.3, 0.4) is 0 Å². The maximum atomic E-state index is 12.6. The highest BCUT2D eigenvalue weighted by Gasteiger charge is 2.29. The maximum absolute atomic E-state index is 12.6. The summed E-state index contributed by atoms with van der Waals surface area (Å²) in [6.45, 7) is 2.24. The second-order valence-corrected chi connectivity index (χ2v) is 8.00. The van der Waals surface area contributed by atoms with Crippen molar-refractivity contribution in [3.8, 4) is 17.2 Å². The Hall–Kier alpha value is -3.92. The third-order valence-corrected chi connectivity index (χ3v) is 5.44. The summed E-state index contributed by atoms with van der Waals surface area (Å²) >= 11 is 0. The van der Waals surface area contributed by atoms with Crippen molar-refractivity contribution in [2.24, 2.45) is 0 Å². The smallest absolute Gasteiger partial charge is 0.410 e. The topological polar surface area (TPSA) is 107 Å². The molecule has 1 fully saturated rings. The number of carbonyl (C=O) groups is 2. The Morgan fingerprint density at radius 3 is 2.57 bits per heavy atom. The SMILES string of the molecule is COCCCOc1ccc(-c2nnc(CN3CCN(C(=O)OCc4ccccc4)CC3=O)o2)cc1. The number of methoxy groups -OCH3 is 1. The number of ether oxygens (including phenoxy) is 3. The molecule has 2 aromatic carbocycles. The van der Waals surface area contributed by atoms with Crippen molar-refractivity contribution < 1.29 is 28.2 Å². The number of piperazine rings is 1. The Balaban J connectivity index is 1.25. The molecule has 0 bridgehead atoms. The lowest BCUT2D eigenvalue weighted by Crippen LogP contribution is -2.51. The Kier molecular flexibility index (Phi) is 8.29. The normalized spacial score (nSPS) is 13.7. The van der Waals surface area contributed by atoms with Gasteiger partial charge in [0, 0.05) is 38.8 Å². The first kappa shape index (κ1) is 24.2. The van der Waals surface area contributed by atoms with E-state index < -0.39 is 6.09 Å². The molecule has 3 aromatic rings. The summed E-state index contributed by atoms with van der Waals surface area (Å²) in [6, 6.07) is 16.8. The van der Waals surface area contributed by atoms with Gasteiger partial charge in [-0.1, -0.05) is 30.3 Å². The second-order valence-electron chi connectivity index (χ2n) is 8.00. The molecule has 2 amide bonds. The number of hydrogen-bond donors (Lipinski definition) is 0. The molecule has 10 heteroatoms. The largest absolute Gasteiger partial charge is 0.494 e. The molecule has 2 heterocycles. The van der Waals surface area contributed by atoms with E-state index in [9.17, 15) is 9.59 Å². The highest BCUT2D eigenvalue weighted by atomic mass is 16.6. The van der Waals surface area contributed by atoms with Crippen LogP contribution in [0.25, 0.3) is 11.5 Å². The van der Waals surface area contributed by atoms with Crippen molar-refractivity contribution in [1.82, 2.24) is 20.0 Å². The first-order chi connectivity index (χ1) is 17.1. The summed E-state index contributed by atoms with van der Waals surface area (Å²) in [5, 5.41) is 8.16. The van der Waals surface area contributed by atoms with Crippen molar-refractivity contribution in [2.45, 2.75) is 19.6 Å². The third-order valence-electron chi connectivity index (χ3n) is 5.44. The fraction of sp³-hybridized carbons (Fsp3) is 0.360. The summed E-state index contributed by atoms with van der Waals surface area (Å²) < 4.78 is 21.7. The number of amides is 2. The van der Waals surface area contributed by atoms with E-state index in [0.717, 1.165) is 23.3 Å². The summed E-state index contributed by atoms with van der Waals surface area (Å²) in [7, 11) is 1.66. The number of aromatic nitrogens is 2. The Morgan fingerprint density at radius 2 is 1.83 bits per heavy atom. The zero-order chi connectivity index (χ0) is 24.5. The van der Waals surface area contributed by atoms with E-state index >= 15 is 0 Å². The fourth-order valence-electron chi connectivity index (χ4n) is 3.53. The summed E-state index contributed by atoms with van der Waals surface area (Å²) in [5.74, 6) is 1.23. The predicted octanol–water partition coefficient (Wildman–Crippen LogP) is 3.13. The van der Waals surface area contributed by atoms with E-state index in [1.807, 2.05) is 54.6 Å². The van der Waals surface area contributed by atoms with Gasteiger partial charge in [-0.05, 0) is 29.8 Å². The average Bonchev–Trinajstić information content (AvgIpc) is 3.36. The van der Waals surface area contributed by atoms with Gasteiger partial charge in [-0.25, -0.2) is 4.79 Å². The van der Waals surface area contributed by atoms with Gasteiger partial charge in [0.05, 0.1) is 13.2 Å². The lowest BCUT2D eigenvalue weighted by molar-refractivity contribution is -0.136. The van der Waals surface area contributed by atoms with Gasteiger partial charge in [-0.15, -0.1) is 10.2 Å². The van der Waals surface area contributed by atoms with E-state index in [1.165, 1.54) is 4.90 Å². The lowest BCUT2D eigenvalue weighted by atomic mass is 10.2. The Labute approximate surface area is 203 Å². The number of carbonyl (C=O) groups excluding carboxylic acids is 2.